The molecular weight excluding hydrogens is 482 g/mol. The molecular formula is C27H30ClN3O5. The van der Waals surface area contributed by atoms with Crippen molar-refractivity contribution >= 4 is 11.9 Å². The molecule has 0 saturated carbocycles. The summed E-state index contributed by atoms with van der Waals surface area (Å²) in [5.41, 5.74) is 8.25. The zero-order chi connectivity index (χ0) is 25.7. The SMILES string of the molecule is Cc1cc(C)c(C2(COc3nc(OCl)nc(OCC4(c5c(C)cc(C)cc5C)CO4)n3)CO2)c(C)c1. The first-order valence-corrected chi connectivity index (χ1v) is 12.2. The van der Waals surface area contributed by atoms with Crippen LogP contribution in [-0.2, 0) is 20.7 Å². The highest BCUT2D eigenvalue weighted by Crippen LogP contribution is 2.44. The van der Waals surface area contributed by atoms with Crippen molar-refractivity contribution in [3.05, 3.63) is 68.8 Å². The van der Waals surface area contributed by atoms with Crippen molar-refractivity contribution in [1.82, 2.24) is 15.0 Å². The van der Waals surface area contributed by atoms with E-state index in [1.807, 2.05) is 0 Å². The number of aryl methyl sites for hydroxylation is 6. The van der Waals surface area contributed by atoms with Crippen molar-refractivity contribution in [3.8, 4) is 18.0 Å². The highest BCUT2D eigenvalue weighted by atomic mass is 35.5. The monoisotopic (exact) mass is 511 g/mol. The fraction of sp³-hybridized carbons (Fsp3) is 0.444. The second-order valence-corrected chi connectivity index (χ2v) is 10.1. The molecule has 3 aromatic rings. The van der Waals surface area contributed by atoms with Crippen LogP contribution in [0.15, 0.2) is 24.3 Å². The third kappa shape index (κ3) is 4.73. The van der Waals surface area contributed by atoms with E-state index in [2.05, 4.69) is 80.8 Å². The van der Waals surface area contributed by atoms with Crippen molar-refractivity contribution in [2.24, 2.45) is 0 Å². The van der Waals surface area contributed by atoms with Crippen LogP contribution in [-0.4, -0.2) is 41.4 Å². The summed E-state index contributed by atoms with van der Waals surface area (Å²) in [6.45, 7) is 14.1. The first kappa shape index (κ1) is 24.7. The lowest BCUT2D eigenvalue weighted by Crippen LogP contribution is -2.24. The van der Waals surface area contributed by atoms with Gasteiger partial charge in [0.15, 0.2) is 11.2 Å². The number of hydrogen-bond donors (Lipinski definition) is 0. The lowest BCUT2D eigenvalue weighted by molar-refractivity contribution is 0.161. The molecule has 0 N–H and O–H groups in total. The number of halogens is 1. The fourth-order valence-electron chi connectivity index (χ4n) is 5.42. The zero-order valence-corrected chi connectivity index (χ0v) is 22.2. The minimum absolute atomic E-state index is 0.0430. The van der Waals surface area contributed by atoms with Crippen molar-refractivity contribution < 1.29 is 23.2 Å². The van der Waals surface area contributed by atoms with Crippen molar-refractivity contribution in [1.29, 1.82) is 0 Å². The summed E-state index contributed by atoms with van der Waals surface area (Å²) in [6.07, 6.45) is 0. The molecule has 2 aromatic carbocycles. The topological polar surface area (TPSA) is 91.4 Å². The number of ether oxygens (including phenoxy) is 4. The third-order valence-corrected chi connectivity index (χ3v) is 6.90. The first-order valence-electron chi connectivity index (χ1n) is 11.9. The van der Waals surface area contributed by atoms with Gasteiger partial charge in [-0.15, -0.1) is 15.0 Å². The van der Waals surface area contributed by atoms with Gasteiger partial charge in [-0.3, -0.25) is 0 Å². The van der Waals surface area contributed by atoms with Crippen LogP contribution < -0.4 is 13.8 Å². The second kappa shape index (κ2) is 9.18. The Morgan fingerprint density at radius 2 is 1.00 bits per heavy atom. The lowest BCUT2D eigenvalue weighted by atomic mass is 9.90. The number of epoxide rings is 2. The van der Waals surface area contributed by atoms with Crippen LogP contribution in [0.25, 0.3) is 0 Å². The Kier molecular flexibility index (Phi) is 6.31. The van der Waals surface area contributed by atoms with Crippen LogP contribution >= 0.6 is 11.9 Å². The van der Waals surface area contributed by atoms with E-state index in [0.29, 0.717) is 13.2 Å². The average molecular weight is 512 g/mol. The number of aromatic nitrogens is 3. The smallest absolute Gasteiger partial charge is 0.344 e. The highest BCUT2D eigenvalue weighted by Gasteiger charge is 2.50. The van der Waals surface area contributed by atoms with E-state index in [4.69, 9.17) is 35.1 Å². The Bertz CT molecular complexity index is 1180. The van der Waals surface area contributed by atoms with Crippen LogP contribution in [0.5, 0.6) is 18.0 Å². The van der Waals surface area contributed by atoms with Crippen LogP contribution in [0.4, 0.5) is 0 Å². The molecule has 8 nitrogen and oxygen atoms in total. The molecule has 0 radical (unpaired) electrons. The maximum atomic E-state index is 5.96. The Balaban J connectivity index is 1.32. The molecule has 0 bridgehead atoms. The van der Waals surface area contributed by atoms with Gasteiger partial charge in [-0.05, 0) is 74.9 Å². The molecule has 2 fully saturated rings. The quantitative estimate of drug-likeness (QED) is 0.376. The van der Waals surface area contributed by atoms with Crippen LogP contribution in [0.2, 0.25) is 0 Å². The van der Waals surface area contributed by atoms with E-state index in [1.165, 1.54) is 11.1 Å². The molecule has 1 aromatic heterocycles. The van der Waals surface area contributed by atoms with Crippen molar-refractivity contribution in [3.63, 3.8) is 0 Å². The van der Waals surface area contributed by atoms with Gasteiger partial charge in [-0.1, -0.05) is 35.4 Å². The predicted octanol–water partition coefficient (Wildman–Crippen LogP) is 4.86. The number of rotatable bonds is 9. The van der Waals surface area contributed by atoms with Crippen LogP contribution in [0, 0.1) is 41.5 Å². The van der Waals surface area contributed by atoms with E-state index in [1.54, 1.807) is 0 Å². The maximum Gasteiger partial charge on any atom is 0.344 e. The molecule has 2 saturated heterocycles. The summed E-state index contributed by atoms with van der Waals surface area (Å²) < 4.78 is 28.4. The maximum absolute atomic E-state index is 5.96. The van der Waals surface area contributed by atoms with E-state index >= 15 is 0 Å². The number of benzene rings is 2. The zero-order valence-electron chi connectivity index (χ0n) is 21.4. The molecule has 2 aliphatic heterocycles. The summed E-state index contributed by atoms with van der Waals surface area (Å²) in [6, 6.07) is 8.56. The lowest BCUT2D eigenvalue weighted by Gasteiger charge is -2.19. The van der Waals surface area contributed by atoms with Gasteiger partial charge in [0.2, 0.25) is 0 Å². The Hall–Kier alpha value is -2.94. The molecule has 5 rings (SSSR count). The van der Waals surface area contributed by atoms with E-state index in [0.717, 1.165) is 33.4 Å². The highest BCUT2D eigenvalue weighted by molar-refractivity contribution is 6.08. The second-order valence-electron chi connectivity index (χ2n) is 9.95. The van der Waals surface area contributed by atoms with Gasteiger partial charge >= 0.3 is 18.0 Å². The summed E-state index contributed by atoms with van der Waals surface area (Å²) >= 11 is 5.57. The van der Waals surface area contributed by atoms with Gasteiger partial charge in [0, 0.05) is 0 Å². The first-order chi connectivity index (χ1) is 17.1. The molecule has 0 aliphatic carbocycles. The predicted molar refractivity (Wildman–Crippen MR) is 134 cm³/mol. The Labute approximate surface area is 216 Å². The molecule has 0 spiro atoms. The fourth-order valence-corrected chi connectivity index (χ4v) is 5.49. The molecule has 2 aliphatic rings. The molecule has 190 valence electrons. The number of hydrogen-bond acceptors (Lipinski definition) is 8. The molecule has 9 heteroatoms. The van der Waals surface area contributed by atoms with Crippen molar-refractivity contribution in [2.75, 3.05) is 26.4 Å². The third-order valence-electron chi connectivity index (χ3n) is 6.76. The number of nitrogens with zero attached hydrogens (tertiary/aromatic N) is 3. The van der Waals surface area contributed by atoms with Crippen LogP contribution in [0.1, 0.15) is 44.5 Å². The normalized spacial score (nSPS) is 22.3. The summed E-state index contributed by atoms with van der Waals surface area (Å²) in [5, 5.41) is 0. The van der Waals surface area contributed by atoms with Gasteiger partial charge in [0.1, 0.15) is 25.1 Å². The van der Waals surface area contributed by atoms with Gasteiger partial charge in [-0.25, -0.2) is 0 Å². The van der Waals surface area contributed by atoms with E-state index < -0.39 is 11.2 Å². The van der Waals surface area contributed by atoms with E-state index in [-0.39, 0.29) is 31.2 Å². The van der Waals surface area contributed by atoms with Gasteiger partial charge < -0.3 is 23.2 Å². The summed E-state index contributed by atoms with van der Waals surface area (Å²) in [7, 11) is 0. The van der Waals surface area contributed by atoms with Gasteiger partial charge in [-0.2, -0.15) is 0 Å². The van der Waals surface area contributed by atoms with Gasteiger partial charge in [0.25, 0.3) is 0 Å². The molecule has 36 heavy (non-hydrogen) atoms. The van der Waals surface area contributed by atoms with Crippen molar-refractivity contribution in [2.45, 2.75) is 52.7 Å². The Morgan fingerprint density at radius 3 is 1.31 bits per heavy atom. The molecule has 3 heterocycles. The van der Waals surface area contributed by atoms with E-state index in [9.17, 15) is 0 Å². The molecule has 2 atom stereocenters. The molecule has 0 amide bonds. The van der Waals surface area contributed by atoms with Gasteiger partial charge in [0.05, 0.1) is 13.2 Å². The summed E-state index contributed by atoms with van der Waals surface area (Å²) in [5.74, 6) is 0. The minimum Gasteiger partial charge on any atom is -0.460 e. The van der Waals surface area contributed by atoms with Crippen LogP contribution in [0.3, 0.4) is 0 Å². The average Bonchev–Trinajstić information content (AvgIpc) is 3.73. The molecule has 2 unspecified atom stereocenters. The summed E-state index contributed by atoms with van der Waals surface area (Å²) in [4.78, 5) is 12.6. The standard InChI is InChI=1S/C27H30ClN3O5/c1-15-7-17(3)21(18(4)8-15)26(13-34-26)11-32-23-29-24(31-25(30-23)36-28)33-12-27(14-35-27)22-19(5)9-16(2)10-20(22)6/h7-10H,11-14H2,1-6H3. The largest absolute Gasteiger partial charge is 0.460 e. The Morgan fingerprint density at radius 1 is 0.667 bits per heavy atom. The minimum atomic E-state index is -0.538.